The lowest BCUT2D eigenvalue weighted by Crippen LogP contribution is -2.57. The van der Waals surface area contributed by atoms with E-state index in [0.29, 0.717) is 17.9 Å². The molecule has 1 atom stereocenters. The standard InChI is InChI=1S/C13H22N4O6S3/c1-10(2)16(25(3,20)21)9-11-8-15(7-6-14-11)26(22,23)13-5-4-12(24-13)17(18)19/h4-5,10-11,14H,6-9H2,1-3H3/t11-/m1/s1. The van der Waals surface area contributed by atoms with Gasteiger partial charge in [-0.1, -0.05) is 0 Å². The fourth-order valence-corrected chi connectivity index (χ4v) is 6.72. The van der Waals surface area contributed by atoms with Crippen molar-refractivity contribution in [2.45, 2.75) is 30.1 Å². The number of hydrogen-bond acceptors (Lipinski definition) is 8. The number of nitrogens with zero attached hydrogens (tertiary/aromatic N) is 3. The van der Waals surface area contributed by atoms with Crippen molar-refractivity contribution >= 4 is 36.4 Å². The Morgan fingerprint density at radius 2 is 2.04 bits per heavy atom. The summed E-state index contributed by atoms with van der Waals surface area (Å²) < 4.78 is 51.8. The predicted octanol–water partition coefficient (Wildman–Crippen LogP) is 0.289. The van der Waals surface area contributed by atoms with Crippen molar-refractivity contribution in [3.63, 3.8) is 0 Å². The van der Waals surface area contributed by atoms with Crippen molar-refractivity contribution in [3.05, 3.63) is 22.2 Å². The maximum absolute atomic E-state index is 12.7. The summed E-state index contributed by atoms with van der Waals surface area (Å²) in [7, 11) is -7.28. The van der Waals surface area contributed by atoms with Crippen molar-refractivity contribution < 1.29 is 21.8 Å². The topological polar surface area (TPSA) is 130 Å². The lowest BCUT2D eigenvalue weighted by Gasteiger charge is -2.36. The molecule has 0 unspecified atom stereocenters. The second-order valence-electron chi connectivity index (χ2n) is 6.29. The van der Waals surface area contributed by atoms with Gasteiger partial charge in [-0.3, -0.25) is 10.1 Å². The Morgan fingerprint density at radius 3 is 2.54 bits per heavy atom. The van der Waals surface area contributed by atoms with Crippen LogP contribution in [-0.4, -0.2) is 74.9 Å². The molecule has 0 spiro atoms. The van der Waals surface area contributed by atoms with Crippen LogP contribution in [0.25, 0.3) is 0 Å². The molecule has 2 rings (SSSR count). The Balaban J connectivity index is 2.17. The third-order valence-corrected chi connectivity index (χ3v) is 8.75. The number of thiophene rings is 1. The molecule has 1 N–H and O–H groups in total. The lowest BCUT2D eigenvalue weighted by molar-refractivity contribution is -0.380. The van der Waals surface area contributed by atoms with E-state index in [1.165, 1.54) is 20.7 Å². The monoisotopic (exact) mass is 426 g/mol. The van der Waals surface area contributed by atoms with Crippen LogP contribution in [0.4, 0.5) is 5.00 Å². The number of piperazine rings is 1. The molecule has 0 saturated carbocycles. The maximum atomic E-state index is 12.7. The zero-order valence-corrected chi connectivity index (χ0v) is 17.1. The summed E-state index contributed by atoms with van der Waals surface area (Å²) in [6.07, 6.45) is 1.12. The highest BCUT2D eigenvalue weighted by Gasteiger charge is 2.34. The van der Waals surface area contributed by atoms with E-state index in [2.05, 4.69) is 5.32 Å². The van der Waals surface area contributed by atoms with Gasteiger partial charge in [0.15, 0.2) is 0 Å². The van der Waals surface area contributed by atoms with E-state index in [1.807, 2.05) is 0 Å². The minimum absolute atomic E-state index is 0.0892. The minimum Gasteiger partial charge on any atom is -0.310 e. The molecular formula is C13H22N4O6S3. The van der Waals surface area contributed by atoms with Crippen LogP contribution in [0, 0.1) is 10.1 Å². The first-order chi connectivity index (χ1) is 11.9. The predicted molar refractivity (Wildman–Crippen MR) is 98.2 cm³/mol. The van der Waals surface area contributed by atoms with Gasteiger partial charge < -0.3 is 5.32 Å². The molecule has 0 amide bonds. The highest BCUT2D eigenvalue weighted by Crippen LogP contribution is 2.30. The average Bonchev–Trinajstić information content (AvgIpc) is 3.02. The van der Waals surface area contributed by atoms with E-state index in [-0.39, 0.29) is 40.9 Å². The van der Waals surface area contributed by atoms with Crippen LogP contribution in [0.1, 0.15) is 13.8 Å². The van der Waals surface area contributed by atoms with Gasteiger partial charge in [0.05, 0.1) is 11.2 Å². The first-order valence-corrected chi connectivity index (χ1v) is 12.0. The van der Waals surface area contributed by atoms with Gasteiger partial charge in [0.25, 0.3) is 10.0 Å². The Kier molecular flexibility index (Phi) is 6.40. The third-order valence-electron chi connectivity index (χ3n) is 3.96. The quantitative estimate of drug-likeness (QED) is 0.490. The van der Waals surface area contributed by atoms with Crippen LogP contribution in [0.15, 0.2) is 16.3 Å². The molecule has 10 nitrogen and oxygen atoms in total. The van der Waals surface area contributed by atoms with Crippen LogP contribution in [0.3, 0.4) is 0 Å². The summed E-state index contributed by atoms with van der Waals surface area (Å²) >= 11 is 0.610. The van der Waals surface area contributed by atoms with Gasteiger partial charge in [0.2, 0.25) is 10.0 Å². The second-order valence-corrected chi connectivity index (χ2v) is 11.5. The van der Waals surface area contributed by atoms with Crippen molar-refractivity contribution in [2.75, 3.05) is 32.4 Å². The molecule has 0 radical (unpaired) electrons. The molecular weight excluding hydrogens is 404 g/mol. The first-order valence-electron chi connectivity index (χ1n) is 7.87. The molecule has 1 saturated heterocycles. The Labute approximate surface area is 157 Å². The average molecular weight is 427 g/mol. The number of sulfonamides is 2. The first kappa shape index (κ1) is 21.2. The SMILES string of the molecule is CC(C)N(C[C@H]1CN(S(=O)(=O)c2ccc([N+](=O)[O-])s2)CCN1)S(C)(=O)=O. The zero-order chi connectivity index (χ0) is 19.7. The van der Waals surface area contributed by atoms with E-state index in [4.69, 9.17) is 0 Å². The molecule has 13 heteroatoms. The normalized spacial score (nSPS) is 20.0. The maximum Gasteiger partial charge on any atom is 0.325 e. The van der Waals surface area contributed by atoms with Crippen LogP contribution >= 0.6 is 11.3 Å². The Hall–Kier alpha value is -1.12. The van der Waals surface area contributed by atoms with Crippen LogP contribution in [0.5, 0.6) is 0 Å². The van der Waals surface area contributed by atoms with Gasteiger partial charge in [-0.15, -0.1) is 0 Å². The van der Waals surface area contributed by atoms with Gasteiger partial charge >= 0.3 is 5.00 Å². The summed E-state index contributed by atoms with van der Waals surface area (Å²) in [5.41, 5.74) is 0. The highest BCUT2D eigenvalue weighted by atomic mass is 32.2. The van der Waals surface area contributed by atoms with E-state index >= 15 is 0 Å². The molecule has 1 aromatic heterocycles. The summed E-state index contributed by atoms with van der Waals surface area (Å²) in [4.78, 5) is 10.2. The molecule has 26 heavy (non-hydrogen) atoms. The molecule has 0 aliphatic carbocycles. The van der Waals surface area contributed by atoms with Crippen LogP contribution in [-0.2, 0) is 20.0 Å². The number of nitrogens with one attached hydrogen (secondary N) is 1. The fourth-order valence-electron chi connectivity index (χ4n) is 2.76. The zero-order valence-electron chi connectivity index (χ0n) is 14.7. The molecule has 0 bridgehead atoms. The molecule has 0 aromatic carbocycles. The second kappa shape index (κ2) is 7.86. The van der Waals surface area contributed by atoms with Gasteiger partial charge in [-0.25, -0.2) is 16.8 Å². The number of rotatable bonds is 7. The summed E-state index contributed by atoms with van der Waals surface area (Å²) in [5.74, 6) is 0. The highest BCUT2D eigenvalue weighted by molar-refractivity contribution is 7.91. The lowest BCUT2D eigenvalue weighted by atomic mass is 10.2. The molecule has 1 aromatic rings. The summed E-state index contributed by atoms with van der Waals surface area (Å²) in [5, 5.41) is 13.7. The van der Waals surface area contributed by atoms with E-state index in [9.17, 15) is 26.9 Å². The molecule has 1 aliphatic rings. The Morgan fingerprint density at radius 1 is 1.38 bits per heavy atom. The van der Waals surface area contributed by atoms with E-state index < -0.39 is 25.0 Å². The van der Waals surface area contributed by atoms with Crippen molar-refractivity contribution in [3.8, 4) is 0 Å². The molecule has 1 fully saturated rings. The van der Waals surface area contributed by atoms with Crippen LogP contribution in [0.2, 0.25) is 0 Å². The summed E-state index contributed by atoms with van der Waals surface area (Å²) in [6, 6.07) is 1.78. The summed E-state index contributed by atoms with van der Waals surface area (Å²) in [6.45, 7) is 4.32. The van der Waals surface area contributed by atoms with Gasteiger partial charge in [0.1, 0.15) is 4.21 Å². The molecule has 1 aliphatic heterocycles. The third kappa shape index (κ3) is 4.78. The van der Waals surface area contributed by atoms with Crippen molar-refractivity contribution in [1.29, 1.82) is 0 Å². The fraction of sp³-hybridized carbons (Fsp3) is 0.692. The van der Waals surface area contributed by atoms with Crippen LogP contribution < -0.4 is 5.32 Å². The van der Waals surface area contributed by atoms with Gasteiger partial charge in [0, 0.05) is 44.3 Å². The smallest absolute Gasteiger partial charge is 0.310 e. The minimum atomic E-state index is -3.86. The van der Waals surface area contributed by atoms with E-state index in [0.717, 1.165) is 6.26 Å². The largest absolute Gasteiger partial charge is 0.325 e. The van der Waals surface area contributed by atoms with Gasteiger partial charge in [-0.2, -0.15) is 8.61 Å². The van der Waals surface area contributed by atoms with Crippen molar-refractivity contribution in [2.24, 2.45) is 0 Å². The number of hydrogen-bond donors (Lipinski definition) is 1. The van der Waals surface area contributed by atoms with Crippen molar-refractivity contribution in [1.82, 2.24) is 13.9 Å². The van der Waals surface area contributed by atoms with Gasteiger partial charge in [-0.05, 0) is 31.3 Å². The Bertz CT molecular complexity index is 864. The molecule has 148 valence electrons. The molecule has 2 heterocycles. The number of nitro groups is 1. The van der Waals surface area contributed by atoms with E-state index in [1.54, 1.807) is 13.8 Å².